The van der Waals surface area contributed by atoms with E-state index in [1.54, 1.807) is 95.7 Å². The van der Waals surface area contributed by atoms with Crippen LogP contribution in [0.1, 0.15) is 26.7 Å². The van der Waals surface area contributed by atoms with E-state index in [1.807, 2.05) is 19.9 Å². The summed E-state index contributed by atoms with van der Waals surface area (Å²) in [7, 11) is 0. The predicted octanol–water partition coefficient (Wildman–Crippen LogP) is 7.78. The van der Waals surface area contributed by atoms with Crippen molar-refractivity contribution >= 4 is 34.9 Å². The summed E-state index contributed by atoms with van der Waals surface area (Å²) in [5.41, 5.74) is 0.727. The van der Waals surface area contributed by atoms with E-state index in [2.05, 4.69) is 10.3 Å². The van der Waals surface area contributed by atoms with Gasteiger partial charge in [-0.25, -0.2) is 19.4 Å². The molecule has 2 heterocycles. The van der Waals surface area contributed by atoms with Gasteiger partial charge in [0.2, 0.25) is 0 Å². The molecule has 5 rings (SSSR count). The van der Waals surface area contributed by atoms with Crippen LogP contribution in [0, 0.1) is 0 Å². The highest BCUT2D eigenvalue weighted by molar-refractivity contribution is 6.09. The van der Waals surface area contributed by atoms with Crippen molar-refractivity contribution in [3.8, 4) is 23.0 Å². The van der Waals surface area contributed by atoms with Gasteiger partial charge >= 0.3 is 18.2 Å². The number of anilines is 1. The number of nitrogens with one attached hydrogen (secondary N) is 1. The van der Waals surface area contributed by atoms with Crippen molar-refractivity contribution in [3.05, 3.63) is 109 Å². The van der Waals surface area contributed by atoms with E-state index >= 15 is 0 Å². The van der Waals surface area contributed by atoms with E-state index in [-0.39, 0.29) is 29.4 Å². The molecular formula is C33H30N4O6. The number of hydrogen-bond donors (Lipinski definition) is 1. The van der Waals surface area contributed by atoms with Crippen LogP contribution in [0.3, 0.4) is 0 Å². The molecule has 3 aromatic carbocycles. The van der Waals surface area contributed by atoms with Crippen molar-refractivity contribution in [2.45, 2.75) is 32.7 Å². The van der Waals surface area contributed by atoms with Gasteiger partial charge in [-0.2, -0.15) is 4.90 Å². The zero-order valence-corrected chi connectivity index (χ0v) is 23.7. The SMILES string of the molecule is CCC(CC)NC(=O)n1ccc2cc(Oc3ccnc(N(C(=O)Oc4ccccc4)C(=O)Oc4ccccc4)c3)ccc21. The van der Waals surface area contributed by atoms with E-state index in [0.717, 1.165) is 23.7 Å². The topological polar surface area (TPSA) is 112 Å². The molecule has 0 unspecified atom stereocenters. The molecule has 0 bridgehead atoms. The molecule has 0 atom stereocenters. The first-order valence-corrected chi connectivity index (χ1v) is 13.8. The quantitative estimate of drug-likeness (QED) is 0.200. The Bertz CT molecular complexity index is 1660. The zero-order valence-electron chi connectivity index (χ0n) is 23.7. The Hall–Kier alpha value is -5.64. The van der Waals surface area contributed by atoms with Crippen LogP contribution < -0.4 is 24.4 Å². The Balaban J connectivity index is 1.38. The Morgan fingerprint density at radius 1 is 0.767 bits per heavy atom. The molecular weight excluding hydrogens is 548 g/mol. The number of carbonyl (C=O) groups excluding carboxylic acids is 3. The first kappa shape index (κ1) is 28.9. The number of benzene rings is 3. The molecule has 0 aliphatic carbocycles. The Kier molecular flexibility index (Phi) is 8.96. The molecule has 10 heteroatoms. The summed E-state index contributed by atoms with van der Waals surface area (Å²) in [6.07, 6.45) is 2.79. The van der Waals surface area contributed by atoms with Gasteiger partial charge in [0.1, 0.15) is 23.0 Å². The summed E-state index contributed by atoms with van der Waals surface area (Å²) in [5, 5.41) is 3.83. The van der Waals surface area contributed by atoms with Gasteiger partial charge < -0.3 is 19.5 Å². The van der Waals surface area contributed by atoms with Gasteiger partial charge in [0.05, 0.1) is 5.52 Å². The smallest absolute Gasteiger partial charge is 0.430 e. The fraction of sp³-hybridized carbons (Fsp3) is 0.152. The van der Waals surface area contributed by atoms with Crippen LogP contribution >= 0.6 is 0 Å². The summed E-state index contributed by atoms with van der Waals surface area (Å²) in [5.74, 6) is 1.20. The number of hydrogen-bond acceptors (Lipinski definition) is 7. The lowest BCUT2D eigenvalue weighted by Gasteiger charge is -2.19. The van der Waals surface area contributed by atoms with Gasteiger partial charge in [-0.3, -0.25) is 4.57 Å². The molecule has 43 heavy (non-hydrogen) atoms. The number of aromatic nitrogens is 2. The summed E-state index contributed by atoms with van der Waals surface area (Å²) >= 11 is 0. The number of carbonyl (C=O) groups is 3. The largest absolute Gasteiger partial charge is 0.457 e. The van der Waals surface area contributed by atoms with Crippen molar-refractivity contribution in [2.75, 3.05) is 4.90 Å². The number of para-hydroxylation sites is 2. The van der Waals surface area contributed by atoms with Gasteiger partial charge in [0.25, 0.3) is 0 Å². The molecule has 0 saturated heterocycles. The number of ether oxygens (including phenoxy) is 3. The third-order valence-corrected chi connectivity index (χ3v) is 6.64. The number of nitrogens with zero attached hydrogens (tertiary/aromatic N) is 3. The third kappa shape index (κ3) is 6.99. The highest BCUT2D eigenvalue weighted by Gasteiger charge is 2.29. The molecule has 0 radical (unpaired) electrons. The molecule has 0 aliphatic rings. The standard InChI is InChI=1S/C33H30N4O6/c1-3-24(4-2)35-31(38)36-20-18-23-21-27(15-16-29(23)36)41-28-17-19-34-30(22-28)37(32(39)42-25-11-7-5-8-12-25)33(40)43-26-13-9-6-10-14-26/h5-22,24H,3-4H2,1-2H3,(H,35,38). The average Bonchev–Trinajstić information content (AvgIpc) is 3.44. The predicted molar refractivity (Wildman–Crippen MR) is 162 cm³/mol. The van der Waals surface area contributed by atoms with Crippen LogP contribution in [0.5, 0.6) is 23.0 Å². The normalized spacial score (nSPS) is 10.8. The highest BCUT2D eigenvalue weighted by Crippen LogP contribution is 2.29. The van der Waals surface area contributed by atoms with Crippen LogP contribution in [-0.2, 0) is 0 Å². The van der Waals surface area contributed by atoms with E-state index in [1.165, 1.54) is 12.3 Å². The maximum atomic E-state index is 13.2. The second-order valence-corrected chi connectivity index (χ2v) is 9.52. The molecule has 1 N–H and O–H groups in total. The summed E-state index contributed by atoms with van der Waals surface area (Å²) in [6, 6.07) is 26.8. The minimum absolute atomic E-state index is 0.0651. The van der Waals surface area contributed by atoms with Gasteiger partial charge in [-0.15, -0.1) is 0 Å². The zero-order chi connectivity index (χ0) is 30.2. The first-order chi connectivity index (χ1) is 20.9. The number of fused-ring (bicyclic) bond motifs is 1. The van der Waals surface area contributed by atoms with E-state index in [4.69, 9.17) is 14.2 Å². The maximum Gasteiger partial charge on any atom is 0.430 e. The van der Waals surface area contributed by atoms with Gasteiger partial charge in [0.15, 0.2) is 5.82 Å². The molecule has 3 amide bonds. The number of rotatable bonds is 8. The minimum Gasteiger partial charge on any atom is -0.457 e. The summed E-state index contributed by atoms with van der Waals surface area (Å²) in [4.78, 5) is 44.1. The molecule has 0 spiro atoms. The average molecular weight is 579 g/mol. The summed E-state index contributed by atoms with van der Waals surface area (Å²) < 4.78 is 18.5. The molecule has 5 aromatic rings. The number of pyridine rings is 1. The van der Waals surface area contributed by atoms with Crippen LogP contribution in [0.15, 0.2) is 109 Å². The van der Waals surface area contributed by atoms with Crippen molar-refractivity contribution in [1.29, 1.82) is 0 Å². The monoisotopic (exact) mass is 578 g/mol. The maximum absolute atomic E-state index is 13.2. The van der Waals surface area contributed by atoms with Crippen LogP contribution in [0.25, 0.3) is 10.9 Å². The first-order valence-electron chi connectivity index (χ1n) is 13.8. The summed E-state index contributed by atoms with van der Waals surface area (Å²) in [6.45, 7) is 4.07. The number of imide groups is 1. The lowest BCUT2D eigenvalue weighted by molar-refractivity contribution is 0.190. The lowest BCUT2D eigenvalue weighted by Crippen LogP contribution is -2.41. The fourth-order valence-electron chi connectivity index (χ4n) is 4.35. The Morgan fingerprint density at radius 2 is 1.37 bits per heavy atom. The van der Waals surface area contributed by atoms with E-state index in [0.29, 0.717) is 16.4 Å². The molecule has 218 valence electrons. The van der Waals surface area contributed by atoms with Gasteiger partial charge in [-0.1, -0.05) is 50.2 Å². The van der Waals surface area contributed by atoms with E-state index in [9.17, 15) is 14.4 Å². The Labute approximate surface area is 248 Å². The molecule has 0 aliphatic heterocycles. The minimum atomic E-state index is -1.01. The van der Waals surface area contributed by atoms with Crippen LogP contribution in [0.2, 0.25) is 0 Å². The fourth-order valence-corrected chi connectivity index (χ4v) is 4.35. The third-order valence-electron chi connectivity index (χ3n) is 6.64. The molecule has 0 saturated carbocycles. The van der Waals surface area contributed by atoms with Crippen molar-refractivity contribution < 1.29 is 28.6 Å². The number of amides is 3. The molecule has 2 aromatic heterocycles. The molecule has 10 nitrogen and oxygen atoms in total. The van der Waals surface area contributed by atoms with Crippen LogP contribution in [0.4, 0.5) is 20.2 Å². The second kappa shape index (κ2) is 13.3. The van der Waals surface area contributed by atoms with Gasteiger partial charge in [-0.05, 0) is 67.4 Å². The molecule has 0 fully saturated rings. The van der Waals surface area contributed by atoms with Crippen molar-refractivity contribution in [3.63, 3.8) is 0 Å². The van der Waals surface area contributed by atoms with Crippen LogP contribution in [-0.4, -0.2) is 33.8 Å². The van der Waals surface area contributed by atoms with Gasteiger partial charge in [0, 0.05) is 29.9 Å². The van der Waals surface area contributed by atoms with Crippen molar-refractivity contribution in [2.24, 2.45) is 0 Å². The lowest BCUT2D eigenvalue weighted by atomic mass is 10.2. The second-order valence-electron chi connectivity index (χ2n) is 9.52. The highest BCUT2D eigenvalue weighted by atomic mass is 16.6. The van der Waals surface area contributed by atoms with E-state index < -0.39 is 12.2 Å². The van der Waals surface area contributed by atoms with Crippen molar-refractivity contribution in [1.82, 2.24) is 14.9 Å². The Morgan fingerprint density at radius 3 is 1.98 bits per heavy atom.